The number of imide groups is 1. The zero-order valence-electron chi connectivity index (χ0n) is 15.1. The first kappa shape index (κ1) is 18.0. The Morgan fingerprint density at radius 3 is 2.52 bits per heavy atom. The Morgan fingerprint density at radius 2 is 1.81 bits per heavy atom. The highest BCUT2D eigenvalue weighted by Crippen LogP contribution is 2.34. The smallest absolute Gasteiger partial charge is 0.336 e. The summed E-state index contributed by atoms with van der Waals surface area (Å²) in [5.41, 5.74) is 0.428. The molecule has 2 fully saturated rings. The van der Waals surface area contributed by atoms with Gasteiger partial charge in [-0.05, 0) is 43.0 Å². The van der Waals surface area contributed by atoms with Crippen LogP contribution in [0.2, 0.25) is 5.02 Å². The first-order chi connectivity index (χ1) is 12.9. The van der Waals surface area contributed by atoms with E-state index < -0.39 is 17.2 Å². The quantitative estimate of drug-likeness (QED) is 0.625. The Bertz CT molecular complexity index is 989. The van der Waals surface area contributed by atoms with Gasteiger partial charge in [0.2, 0.25) is 0 Å². The van der Waals surface area contributed by atoms with Crippen molar-refractivity contribution in [1.82, 2.24) is 10.2 Å². The first-order valence-electron chi connectivity index (χ1n) is 9.27. The Balaban J connectivity index is 1.72. The Hall–Kier alpha value is -2.34. The topological polar surface area (TPSA) is 79.6 Å². The third-order valence-corrected chi connectivity index (χ3v) is 6.05. The van der Waals surface area contributed by atoms with Gasteiger partial charge in [-0.1, -0.05) is 37.3 Å². The fourth-order valence-corrected chi connectivity index (χ4v) is 4.30. The summed E-state index contributed by atoms with van der Waals surface area (Å²) in [5.74, 6) is -0.200. The lowest BCUT2D eigenvalue weighted by molar-refractivity contribution is -0.132. The minimum absolute atomic E-state index is 0.0217. The van der Waals surface area contributed by atoms with Gasteiger partial charge in [0.05, 0.1) is 6.54 Å². The average molecular weight is 389 g/mol. The molecule has 1 aromatic carbocycles. The van der Waals surface area contributed by atoms with Gasteiger partial charge in [0.15, 0.2) is 0 Å². The zero-order valence-corrected chi connectivity index (χ0v) is 15.9. The summed E-state index contributed by atoms with van der Waals surface area (Å²) in [4.78, 5) is 38.9. The van der Waals surface area contributed by atoms with E-state index in [0.29, 0.717) is 34.4 Å². The largest absolute Gasteiger partial charge is 0.423 e. The lowest BCUT2D eigenvalue weighted by atomic mass is 9.90. The van der Waals surface area contributed by atoms with E-state index >= 15 is 0 Å². The van der Waals surface area contributed by atoms with E-state index in [4.69, 9.17) is 16.0 Å². The van der Waals surface area contributed by atoms with Crippen molar-refractivity contribution in [2.45, 2.75) is 57.5 Å². The van der Waals surface area contributed by atoms with Gasteiger partial charge in [-0.15, -0.1) is 0 Å². The minimum Gasteiger partial charge on any atom is -0.423 e. The number of nitrogens with zero attached hydrogens (tertiary/aromatic N) is 1. The second-order valence-electron chi connectivity index (χ2n) is 7.51. The van der Waals surface area contributed by atoms with Gasteiger partial charge in [0.25, 0.3) is 5.91 Å². The van der Waals surface area contributed by atoms with Crippen molar-refractivity contribution in [3.8, 4) is 0 Å². The number of rotatable bonds is 2. The monoisotopic (exact) mass is 388 g/mol. The predicted octanol–water partition coefficient (Wildman–Crippen LogP) is 3.90. The number of hydrogen-bond donors (Lipinski definition) is 1. The van der Waals surface area contributed by atoms with Crippen LogP contribution in [-0.4, -0.2) is 22.4 Å². The highest BCUT2D eigenvalue weighted by molar-refractivity contribution is 6.32. The number of aryl methyl sites for hydroxylation is 1. The summed E-state index contributed by atoms with van der Waals surface area (Å²) in [6.45, 7) is 1.84. The van der Waals surface area contributed by atoms with Crippen LogP contribution in [0.25, 0.3) is 11.0 Å². The Kier molecular flexibility index (Phi) is 4.46. The predicted molar refractivity (Wildman–Crippen MR) is 102 cm³/mol. The summed E-state index contributed by atoms with van der Waals surface area (Å²) >= 11 is 6.23. The molecule has 4 rings (SSSR count). The molecule has 1 saturated heterocycles. The molecule has 1 aliphatic heterocycles. The van der Waals surface area contributed by atoms with E-state index in [2.05, 4.69) is 5.32 Å². The van der Waals surface area contributed by atoms with Crippen molar-refractivity contribution >= 4 is 34.5 Å². The van der Waals surface area contributed by atoms with Crippen LogP contribution in [0.4, 0.5) is 4.79 Å². The minimum atomic E-state index is -0.795. The Morgan fingerprint density at radius 1 is 1.11 bits per heavy atom. The number of urea groups is 1. The van der Waals surface area contributed by atoms with Crippen LogP contribution < -0.4 is 10.9 Å². The number of hydrogen-bond acceptors (Lipinski definition) is 4. The molecule has 3 amide bonds. The number of carbonyl (C=O) groups excluding carboxylic acids is 2. The number of halogens is 1. The molecule has 0 atom stereocenters. The second-order valence-corrected chi connectivity index (χ2v) is 7.91. The van der Waals surface area contributed by atoms with Crippen molar-refractivity contribution in [3.63, 3.8) is 0 Å². The SMILES string of the molecule is Cc1cc2oc(=O)cc(CN3C(=O)NC4(CCCCCC4)C3=O)c2cc1Cl. The third kappa shape index (κ3) is 3.12. The molecule has 27 heavy (non-hydrogen) atoms. The summed E-state index contributed by atoms with van der Waals surface area (Å²) in [5, 5.41) is 4.09. The van der Waals surface area contributed by atoms with Gasteiger partial charge in [-0.3, -0.25) is 9.69 Å². The average Bonchev–Trinajstić information content (AvgIpc) is 2.79. The fourth-order valence-electron chi connectivity index (χ4n) is 4.14. The summed E-state index contributed by atoms with van der Waals surface area (Å²) in [6, 6.07) is 4.33. The number of benzene rings is 1. The molecule has 0 bridgehead atoms. The van der Waals surface area contributed by atoms with Crippen LogP contribution in [0, 0.1) is 6.92 Å². The van der Waals surface area contributed by atoms with E-state index in [9.17, 15) is 14.4 Å². The summed E-state index contributed by atoms with van der Waals surface area (Å²) in [7, 11) is 0. The van der Waals surface area contributed by atoms with Crippen molar-refractivity contribution in [2.24, 2.45) is 0 Å². The van der Waals surface area contributed by atoms with Crippen LogP contribution in [-0.2, 0) is 11.3 Å². The van der Waals surface area contributed by atoms with Crippen LogP contribution in [0.1, 0.15) is 49.7 Å². The third-order valence-electron chi connectivity index (χ3n) is 5.64. The molecule has 7 heteroatoms. The van der Waals surface area contributed by atoms with Crippen molar-refractivity contribution in [3.05, 3.63) is 44.8 Å². The normalized spacial score (nSPS) is 19.6. The van der Waals surface area contributed by atoms with Crippen molar-refractivity contribution < 1.29 is 14.0 Å². The highest BCUT2D eigenvalue weighted by atomic mass is 35.5. The number of amides is 3. The number of carbonyl (C=O) groups is 2. The number of nitrogens with one attached hydrogen (secondary N) is 1. The van der Waals surface area contributed by atoms with Crippen LogP contribution in [0.3, 0.4) is 0 Å². The van der Waals surface area contributed by atoms with E-state index in [-0.39, 0.29) is 12.5 Å². The molecule has 6 nitrogen and oxygen atoms in total. The molecular formula is C20H21ClN2O4. The molecule has 0 unspecified atom stereocenters. The maximum Gasteiger partial charge on any atom is 0.336 e. The van der Waals surface area contributed by atoms with Gasteiger partial charge in [0, 0.05) is 16.5 Å². The molecule has 1 aliphatic carbocycles. The molecule has 1 saturated carbocycles. The summed E-state index contributed by atoms with van der Waals surface area (Å²) < 4.78 is 5.26. The van der Waals surface area contributed by atoms with Gasteiger partial charge in [0.1, 0.15) is 11.1 Å². The molecule has 1 spiro atoms. The Labute approximate surface area is 161 Å². The maximum atomic E-state index is 13.1. The van der Waals surface area contributed by atoms with Crippen molar-refractivity contribution in [2.75, 3.05) is 0 Å². The molecule has 2 heterocycles. The molecule has 0 radical (unpaired) electrons. The number of fused-ring (bicyclic) bond motifs is 1. The van der Waals surface area contributed by atoms with Gasteiger partial charge >= 0.3 is 11.7 Å². The van der Waals surface area contributed by atoms with E-state index in [1.165, 1.54) is 11.0 Å². The lowest BCUT2D eigenvalue weighted by Crippen LogP contribution is -2.46. The van der Waals surface area contributed by atoms with E-state index in [1.54, 1.807) is 12.1 Å². The van der Waals surface area contributed by atoms with Gasteiger partial charge in [-0.25, -0.2) is 9.59 Å². The summed E-state index contributed by atoms with van der Waals surface area (Å²) in [6.07, 6.45) is 5.33. The van der Waals surface area contributed by atoms with Crippen LogP contribution in [0.15, 0.2) is 27.4 Å². The molecule has 1 N–H and O–H groups in total. The molecule has 1 aromatic heterocycles. The molecule has 2 aromatic rings. The standard InChI is InChI=1S/C20H21ClN2O4/c1-12-8-16-14(10-15(12)21)13(9-17(24)27-16)11-23-18(25)20(22-19(23)26)6-4-2-3-5-7-20/h8-10H,2-7,11H2,1H3,(H,22,26). The lowest BCUT2D eigenvalue weighted by Gasteiger charge is -2.24. The van der Waals surface area contributed by atoms with Crippen LogP contribution >= 0.6 is 11.6 Å². The molecule has 2 aliphatic rings. The fraction of sp³-hybridized carbons (Fsp3) is 0.450. The highest BCUT2D eigenvalue weighted by Gasteiger charge is 2.50. The first-order valence-corrected chi connectivity index (χ1v) is 9.64. The molecular weight excluding hydrogens is 368 g/mol. The molecule has 142 valence electrons. The van der Waals surface area contributed by atoms with E-state index in [0.717, 1.165) is 31.2 Å². The van der Waals surface area contributed by atoms with E-state index in [1.807, 2.05) is 6.92 Å². The van der Waals surface area contributed by atoms with Crippen LogP contribution in [0.5, 0.6) is 0 Å². The maximum absolute atomic E-state index is 13.1. The second kappa shape index (κ2) is 6.68. The zero-order chi connectivity index (χ0) is 19.2. The van der Waals surface area contributed by atoms with Crippen molar-refractivity contribution in [1.29, 1.82) is 0 Å². The van der Waals surface area contributed by atoms with Gasteiger partial charge in [-0.2, -0.15) is 0 Å². The van der Waals surface area contributed by atoms with Gasteiger partial charge < -0.3 is 9.73 Å².